The summed E-state index contributed by atoms with van der Waals surface area (Å²) in [6, 6.07) is 6.23. The molecule has 1 aliphatic rings. The molecule has 1 aromatic carbocycles. The van der Waals surface area contributed by atoms with Crippen molar-refractivity contribution in [1.82, 2.24) is 30.3 Å². The number of nitrogens with zero attached hydrogens (tertiary/aromatic N) is 5. The molecule has 1 fully saturated rings. The molecular weight excluding hydrogens is 410 g/mol. The lowest BCUT2D eigenvalue weighted by Gasteiger charge is -2.35. The van der Waals surface area contributed by atoms with Crippen molar-refractivity contribution in [2.75, 3.05) is 53.6 Å². The van der Waals surface area contributed by atoms with E-state index in [0.717, 1.165) is 68.2 Å². The number of nitrogens with one attached hydrogen (secondary N) is 2. The molecule has 0 radical (unpaired) electrons. The van der Waals surface area contributed by atoms with Crippen LogP contribution >= 0.6 is 0 Å². The van der Waals surface area contributed by atoms with E-state index in [9.17, 15) is 0 Å². The van der Waals surface area contributed by atoms with Crippen molar-refractivity contribution in [1.29, 1.82) is 0 Å². The van der Waals surface area contributed by atoms with Crippen LogP contribution in [-0.2, 0) is 17.8 Å². The number of ether oxygens (including phenoxy) is 3. The average Bonchev–Trinajstić information content (AvgIpc) is 3.30. The molecule has 0 saturated carbocycles. The molecule has 10 heteroatoms. The van der Waals surface area contributed by atoms with E-state index >= 15 is 0 Å². The second kappa shape index (κ2) is 12.3. The Bertz CT molecular complexity index is 865. The highest BCUT2D eigenvalue weighted by molar-refractivity contribution is 5.79. The van der Waals surface area contributed by atoms with Crippen LogP contribution in [0.2, 0.25) is 0 Å². The summed E-state index contributed by atoms with van der Waals surface area (Å²) in [6.45, 7) is 10.0. The van der Waals surface area contributed by atoms with Gasteiger partial charge < -0.3 is 29.4 Å². The summed E-state index contributed by atoms with van der Waals surface area (Å²) in [4.78, 5) is 7.15. The lowest BCUT2D eigenvalue weighted by molar-refractivity contribution is 0.0169. The van der Waals surface area contributed by atoms with Gasteiger partial charge in [0.25, 0.3) is 0 Å². The molecule has 2 heterocycles. The van der Waals surface area contributed by atoms with E-state index < -0.39 is 0 Å². The summed E-state index contributed by atoms with van der Waals surface area (Å²) in [5.74, 6) is 3.04. The highest BCUT2D eigenvalue weighted by atomic mass is 16.5. The smallest absolute Gasteiger partial charge is 0.191 e. The van der Waals surface area contributed by atoms with Crippen LogP contribution in [0.25, 0.3) is 0 Å². The third-order valence-electron chi connectivity index (χ3n) is 5.50. The van der Waals surface area contributed by atoms with Gasteiger partial charge in [-0.25, -0.2) is 4.99 Å². The number of hydrogen-bond acceptors (Lipinski definition) is 7. The van der Waals surface area contributed by atoms with Gasteiger partial charge in [-0.1, -0.05) is 6.07 Å². The van der Waals surface area contributed by atoms with Gasteiger partial charge >= 0.3 is 0 Å². The molecule has 0 bridgehead atoms. The van der Waals surface area contributed by atoms with Gasteiger partial charge in [-0.15, -0.1) is 10.2 Å². The first-order valence-corrected chi connectivity index (χ1v) is 11.1. The Morgan fingerprint density at radius 3 is 2.62 bits per heavy atom. The van der Waals surface area contributed by atoms with Crippen LogP contribution in [0.5, 0.6) is 11.5 Å². The number of aryl methyl sites for hydroxylation is 1. The highest BCUT2D eigenvalue weighted by Crippen LogP contribution is 2.32. The summed E-state index contributed by atoms with van der Waals surface area (Å²) in [6.07, 6.45) is 1.73. The molecule has 32 heavy (non-hydrogen) atoms. The van der Waals surface area contributed by atoms with E-state index in [-0.39, 0.29) is 6.04 Å². The topological polar surface area (TPSA) is 98.1 Å². The van der Waals surface area contributed by atoms with E-state index in [1.807, 2.05) is 10.6 Å². The third kappa shape index (κ3) is 6.10. The zero-order valence-electron chi connectivity index (χ0n) is 19.5. The molecule has 0 spiro atoms. The van der Waals surface area contributed by atoms with E-state index in [1.54, 1.807) is 20.5 Å². The number of aromatic nitrogens is 3. The van der Waals surface area contributed by atoms with Crippen LogP contribution in [0.3, 0.4) is 0 Å². The third-order valence-corrected chi connectivity index (χ3v) is 5.50. The zero-order chi connectivity index (χ0) is 22.8. The van der Waals surface area contributed by atoms with Gasteiger partial charge in [0.15, 0.2) is 23.3 Å². The van der Waals surface area contributed by atoms with Gasteiger partial charge in [0.1, 0.15) is 12.9 Å². The Balaban J connectivity index is 1.77. The Morgan fingerprint density at radius 2 is 1.94 bits per heavy atom. The molecule has 1 aromatic heterocycles. The molecule has 176 valence electrons. The van der Waals surface area contributed by atoms with E-state index in [4.69, 9.17) is 19.2 Å². The SMILES string of the molecule is CCNC(=NCc1nncn1CC)NCC(c1ccc(OC)c(OC)c1)N1CCOCC1. The lowest BCUT2D eigenvalue weighted by atomic mass is 10.0. The molecule has 3 rings (SSSR count). The molecule has 2 aromatic rings. The summed E-state index contributed by atoms with van der Waals surface area (Å²) in [5.41, 5.74) is 1.15. The Hall–Kier alpha value is -2.85. The van der Waals surface area contributed by atoms with Crippen molar-refractivity contribution in [2.24, 2.45) is 4.99 Å². The van der Waals surface area contributed by atoms with Crippen LogP contribution in [-0.4, -0.2) is 79.2 Å². The zero-order valence-corrected chi connectivity index (χ0v) is 19.5. The van der Waals surface area contributed by atoms with Gasteiger partial charge in [0.2, 0.25) is 0 Å². The van der Waals surface area contributed by atoms with Crippen LogP contribution < -0.4 is 20.1 Å². The monoisotopic (exact) mass is 445 g/mol. The van der Waals surface area contributed by atoms with Crippen molar-refractivity contribution in [3.8, 4) is 11.5 Å². The van der Waals surface area contributed by atoms with E-state index in [2.05, 4.69) is 51.7 Å². The predicted octanol–water partition coefficient (Wildman–Crippen LogP) is 1.44. The van der Waals surface area contributed by atoms with Gasteiger partial charge in [-0.05, 0) is 31.5 Å². The normalized spacial score (nSPS) is 15.9. The minimum atomic E-state index is 0.127. The van der Waals surface area contributed by atoms with Crippen molar-refractivity contribution < 1.29 is 14.2 Å². The van der Waals surface area contributed by atoms with Crippen molar-refractivity contribution in [2.45, 2.75) is 33.0 Å². The first-order valence-electron chi connectivity index (χ1n) is 11.1. The second-order valence-corrected chi connectivity index (χ2v) is 7.39. The maximum Gasteiger partial charge on any atom is 0.191 e. The van der Waals surface area contributed by atoms with Gasteiger partial charge in [0, 0.05) is 32.7 Å². The summed E-state index contributed by atoms with van der Waals surface area (Å²) in [5, 5.41) is 15.0. The molecule has 10 nitrogen and oxygen atoms in total. The average molecular weight is 446 g/mol. The minimum Gasteiger partial charge on any atom is -0.493 e. The number of rotatable bonds is 10. The molecular formula is C22H35N7O3. The van der Waals surface area contributed by atoms with Gasteiger partial charge in [-0.2, -0.15) is 0 Å². The molecule has 1 atom stereocenters. The summed E-state index contributed by atoms with van der Waals surface area (Å²) >= 11 is 0. The number of morpholine rings is 1. The van der Waals surface area contributed by atoms with Gasteiger partial charge in [-0.3, -0.25) is 4.90 Å². The minimum absolute atomic E-state index is 0.127. The van der Waals surface area contributed by atoms with Crippen molar-refractivity contribution >= 4 is 5.96 Å². The number of guanidine groups is 1. The highest BCUT2D eigenvalue weighted by Gasteiger charge is 2.24. The van der Waals surface area contributed by atoms with Crippen LogP contribution in [0, 0.1) is 0 Å². The summed E-state index contributed by atoms with van der Waals surface area (Å²) < 4.78 is 18.5. The number of aliphatic imine (C=N–C) groups is 1. The fraction of sp³-hybridized carbons (Fsp3) is 0.591. The first-order chi connectivity index (χ1) is 15.7. The van der Waals surface area contributed by atoms with Crippen molar-refractivity contribution in [3.63, 3.8) is 0 Å². The Labute approximate surface area is 190 Å². The number of methoxy groups -OCH3 is 2. The molecule has 0 amide bonds. The fourth-order valence-corrected chi connectivity index (χ4v) is 3.76. The first kappa shape index (κ1) is 23.8. The Morgan fingerprint density at radius 1 is 1.16 bits per heavy atom. The standard InChI is InChI=1S/C22H35N7O3/c1-5-23-22(25-15-21-27-26-16-28(21)6-2)24-14-18(29-9-11-32-12-10-29)17-7-8-19(30-3)20(13-17)31-4/h7-8,13,16,18H,5-6,9-12,14-15H2,1-4H3,(H2,23,24,25). The number of benzene rings is 1. The quantitative estimate of drug-likeness (QED) is 0.419. The molecule has 1 aliphatic heterocycles. The summed E-state index contributed by atoms with van der Waals surface area (Å²) in [7, 11) is 3.31. The van der Waals surface area contributed by atoms with Crippen LogP contribution in [0.15, 0.2) is 29.5 Å². The fourth-order valence-electron chi connectivity index (χ4n) is 3.76. The number of hydrogen-bond donors (Lipinski definition) is 2. The van der Waals surface area contributed by atoms with Crippen LogP contribution in [0.4, 0.5) is 0 Å². The predicted molar refractivity (Wildman–Crippen MR) is 123 cm³/mol. The maximum atomic E-state index is 5.58. The largest absolute Gasteiger partial charge is 0.493 e. The lowest BCUT2D eigenvalue weighted by Crippen LogP contribution is -2.46. The maximum absolute atomic E-state index is 5.58. The van der Waals surface area contributed by atoms with E-state index in [1.165, 1.54) is 0 Å². The van der Waals surface area contributed by atoms with Gasteiger partial charge in [0.05, 0.1) is 33.5 Å². The van der Waals surface area contributed by atoms with E-state index in [0.29, 0.717) is 13.1 Å². The van der Waals surface area contributed by atoms with Crippen LogP contribution in [0.1, 0.15) is 31.3 Å². The Kier molecular flexibility index (Phi) is 9.12. The molecule has 0 aliphatic carbocycles. The second-order valence-electron chi connectivity index (χ2n) is 7.39. The molecule has 1 saturated heterocycles. The molecule has 1 unspecified atom stereocenters. The van der Waals surface area contributed by atoms with Crippen molar-refractivity contribution in [3.05, 3.63) is 35.9 Å². The molecule has 2 N–H and O–H groups in total.